The number of halogens is 4. The number of nitrogens with zero attached hydrogens (tertiary/aromatic N) is 4. The van der Waals surface area contributed by atoms with E-state index in [-0.39, 0.29) is 27.7 Å². The normalized spacial score (nSPS) is 11.6. The van der Waals surface area contributed by atoms with Crippen LogP contribution < -0.4 is 9.04 Å². The third-order valence-corrected chi connectivity index (χ3v) is 6.92. The Kier molecular flexibility index (Phi) is 7.71. The van der Waals surface area contributed by atoms with Gasteiger partial charge in [0, 0.05) is 36.6 Å². The fourth-order valence-corrected chi connectivity index (χ4v) is 4.58. The third-order valence-electron chi connectivity index (χ3n) is 4.82. The zero-order valence-corrected chi connectivity index (χ0v) is 19.9. The third kappa shape index (κ3) is 5.67. The average Bonchev–Trinajstić information content (AvgIpc) is 2.83. The Bertz CT molecular complexity index is 1440. The van der Waals surface area contributed by atoms with Crippen LogP contribution in [0.2, 0.25) is 5.02 Å². The van der Waals surface area contributed by atoms with Gasteiger partial charge in [-0.3, -0.25) is 14.1 Å². The lowest BCUT2D eigenvalue weighted by atomic mass is 10.0. The van der Waals surface area contributed by atoms with Crippen LogP contribution in [0.4, 0.5) is 19.0 Å². The van der Waals surface area contributed by atoms with Gasteiger partial charge in [0.05, 0.1) is 29.7 Å². The maximum Gasteiger partial charge on any atom is 0.433 e. The first-order valence-corrected chi connectivity index (χ1v) is 11.7. The summed E-state index contributed by atoms with van der Waals surface area (Å²) in [5, 5.41) is 18.2. The van der Waals surface area contributed by atoms with Crippen LogP contribution in [0.25, 0.3) is 11.1 Å². The van der Waals surface area contributed by atoms with Gasteiger partial charge in [-0.15, -0.1) is 0 Å². The van der Waals surface area contributed by atoms with E-state index in [0.717, 1.165) is 22.6 Å². The number of ether oxygens (including phenoxy) is 1. The number of alkyl halides is 3. The predicted octanol–water partition coefficient (Wildman–Crippen LogP) is 4.37. The summed E-state index contributed by atoms with van der Waals surface area (Å²) in [6.07, 6.45) is -3.12. The molecule has 36 heavy (non-hydrogen) atoms. The van der Waals surface area contributed by atoms with Crippen LogP contribution >= 0.6 is 11.6 Å². The fourth-order valence-electron chi connectivity index (χ4n) is 3.03. The maximum atomic E-state index is 13.5. The van der Waals surface area contributed by atoms with Crippen LogP contribution in [0.5, 0.6) is 5.75 Å². The van der Waals surface area contributed by atoms with Gasteiger partial charge in [-0.2, -0.15) is 18.4 Å². The van der Waals surface area contributed by atoms with Crippen LogP contribution in [0.1, 0.15) is 17.7 Å². The quantitative estimate of drug-likeness (QED) is 0.445. The standard InChI is InChI=1S/C22H16ClF3N4O5S/c1-30(20-4-2-3-6-28-20)36(33,34)18-9-14(16(23)10-17(18)35-7-5-21(31)32)15-12-29-19(22(24,25)26)8-13(15)11-27/h2-4,6,8-10,12H,5,7H2,1H3,(H,31,32). The maximum absolute atomic E-state index is 13.5. The molecule has 0 fully saturated rings. The highest BCUT2D eigenvalue weighted by Gasteiger charge is 2.34. The summed E-state index contributed by atoms with van der Waals surface area (Å²) in [6.45, 7) is -0.397. The number of benzene rings is 1. The molecule has 3 rings (SSSR count). The number of hydrogen-bond donors (Lipinski definition) is 1. The van der Waals surface area contributed by atoms with E-state index in [1.54, 1.807) is 18.2 Å². The number of hydrogen-bond acceptors (Lipinski definition) is 7. The monoisotopic (exact) mass is 540 g/mol. The van der Waals surface area contributed by atoms with Crippen molar-refractivity contribution >= 4 is 33.4 Å². The van der Waals surface area contributed by atoms with E-state index in [2.05, 4.69) is 9.97 Å². The Morgan fingerprint density at radius 3 is 2.53 bits per heavy atom. The van der Waals surface area contributed by atoms with Crippen molar-refractivity contribution in [3.05, 3.63) is 65.1 Å². The highest BCUT2D eigenvalue weighted by molar-refractivity contribution is 7.92. The van der Waals surface area contributed by atoms with Gasteiger partial charge in [0.15, 0.2) is 0 Å². The number of carbonyl (C=O) groups is 1. The lowest BCUT2D eigenvalue weighted by Gasteiger charge is -2.21. The summed E-state index contributed by atoms with van der Waals surface area (Å²) >= 11 is 6.31. The van der Waals surface area contributed by atoms with Crippen LogP contribution in [0.3, 0.4) is 0 Å². The van der Waals surface area contributed by atoms with E-state index in [1.807, 2.05) is 0 Å². The Balaban J connectivity index is 2.21. The Morgan fingerprint density at radius 2 is 1.94 bits per heavy atom. The molecular weight excluding hydrogens is 525 g/mol. The van der Waals surface area contributed by atoms with Crippen LogP contribution in [0.15, 0.2) is 53.7 Å². The van der Waals surface area contributed by atoms with Crippen molar-refractivity contribution < 1.29 is 36.2 Å². The molecule has 1 aromatic carbocycles. The summed E-state index contributed by atoms with van der Waals surface area (Å²) in [4.78, 5) is 17.7. The van der Waals surface area contributed by atoms with Crippen molar-refractivity contribution in [3.8, 4) is 22.9 Å². The summed E-state index contributed by atoms with van der Waals surface area (Å²) < 4.78 is 72.4. The molecule has 0 saturated heterocycles. The minimum Gasteiger partial charge on any atom is -0.491 e. The van der Waals surface area contributed by atoms with Gasteiger partial charge in [0.1, 0.15) is 22.2 Å². The van der Waals surface area contributed by atoms with Gasteiger partial charge in [0.2, 0.25) is 0 Å². The average molecular weight is 541 g/mol. The molecule has 2 heterocycles. The summed E-state index contributed by atoms with van der Waals surface area (Å²) in [5.41, 5.74) is -2.01. The number of sulfonamides is 1. The van der Waals surface area contributed by atoms with Gasteiger partial charge in [-0.05, 0) is 24.3 Å². The number of carboxylic acids is 1. The number of pyridine rings is 2. The molecule has 0 spiro atoms. The molecule has 14 heteroatoms. The molecule has 0 bridgehead atoms. The topological polar surface area (TPSA) is 133 Å². The molecular formula is C22H16ClF3N4O5S. The highest BCUT2D eigenvalue weighted by Crippen LogP contribution is 2.40. The molecule has 1 N–H and O–H groups in total. The Hall–Kier alpha value is -3.89. The molecule has 0 amide bonds. The van der Waals surface area contributed by atoms with Crippen LogP contribution in [-0.4, -0.2) is 43.1 Å². The zero-order chi connectivity index (χ0) is 26.7. The minimum absolute atomic E-state index is 0.0411. The Morgan fingerprint density at radius 1 is 1.22 bits per heavy atom. The summed E-state index contributed by atoms with van der Waals surface area (Å²) in [6, 6.07) is 8.82. The van der Waals surface area contributed by atoms with Crippen molar-refractivity contribution in [2.75, 3.05) is 18.0 Å². The lowest BCUT2D eigenvalue weighted by Crippen LogP contribution is -2.28. The van der Waals surface area contributed by atoms with Gasteiger partial charge in [-0.25, -0.2) is 13.4 Å². The van der Waals surface area contributed by atoms with E-state index in [4.69, 9.17) is 21.4 Å². The molecule has 0 unspecified atom stereocenters. The van der Waals surface area contributed by atoms with Crippen molar-refractivity contribution in [3.63, 3.8) is 0 Å². The predicted molar refractivity (Wildman–Crippen MR) is 122 cm³/mol. The first kappa shape index (κ1) is 26.7. The van der Waals surface area contributed by atoms with Crippen molar-refractivity contribution in [2.45, 2.75) is 17.5 Å². The van der Waals surface area contributed by atoms with Crippen molar-refractivity contribution in [2.24, 2.45) is 0 Å². The van der Waals surface area contributed by atoms with E-state index >= 15 is 0 Å². The molecule has 2 aromatic heterocycles. The number of carboxylic acid groups (broad SMARTS) is 1. The first-order chi connectivity index (χ1) is 16.9. The number of aromatic nitrogens is 2. The minimum atomic E-state index is -4.81. The molecule has 0 aliphatic rings. The largest absolute Gasteiger partial charge is 0.491 e. The van der Waals surface area contributed by atoms with Crippen molar-refractivity contribution in [1.29, 1.82) is 5.26 Å². The zero-order valence-electron chi connectivity index (χ0n) is 18.3. The fraction of sp³-hybridized carbons (Fsp3) is 0.182. The van der Waals surface area contributed by atoms with Gasteiger partial charge in [0.25, 0.3) is 10.0 Å². The first-order valence-electron chi connectivity index (χ1n) is 9.92. The molecule has 0 aliphatic carbocycles. The summed E-state index contributed by atoms with van der Waals surface area (Å²) in [5.74, 6) is -1.45. The molecule has 0 atom stereocenters. The SMILES string of the molecule is CN(c1ccccn1)S(=O)(=O)c1cc(-c2cnc(C(F)(F)F)cc2C#N)c(Cl)cc1OCCC(=O)O. The Labute approximate surface area is 208 Å². The molecule has 0 radical (unpaired) electrons. The molecule has 3 aromatic rings. The summed E-state index contributed by atoms with van der Waals surface area (Å²) in [7, 11) is -3.20. The lowest BCUT2D eigenvalue weighted by molar-refractivity contribution is -0.141. The van der Waals surface area contributed by atoms with E-state index in [9.17, 15) is 31.6 Å². The molecule has 0 aliphatic heterocycles. The molecule has 9 nitrogen and oxygen atoms in total. The molecule has 0 saturated carbocycles. The number of aliphatic carboxylic acids is 1. The van der Waals surface area contributed by atoms with Crippen molar-refractivity contribution in [1.82, 2.24) is 9.97 Å². The number of anilines is 1. The van der Waals surface area contributed by atoms with Gasteiger partial charge < -0.3 is 9.84 Å². The van der Waals surface area contributed by atoms with Gasteiger partial charge >= 0.3 is 12.1 Å². The second-order valence-corrected chi connectivity index (χ2v) is 9.50. The van der Waals surface area contributed by atoms with Crippen LogP contribution in [0, 0.1) is 11.3 Å². The van der Waals surface area contributed by atoms with Gasteiger partial charge in [-0.1, -0.05) is 17.7 Å². The van der Waals surface area contributed by atoms with E-state index in [0.29, 0.717) is 6.07 Å². The number of nitriles is 1. The second kappa shape index (κ2) is 10.4. The second-order valence-electron chi connectivity index (χ2n) is 7.16. The van der Waals surface area contributed by atoms with E-state index < -0.39 is 51.3 Å². The smallest absolute Gasteiger partial charge is 0.433 e. The van der Waals surface area contributed by atoms with E-state index in [1.165, 1.54) is 19.3 Å². The number of rotatable bonds is 8. The highest BCUT2D eigenvalue weighted by atomic mass is 35.5. The van der Waals surface area contributed by atoms with Crippen LogP contribution in [-0.2, 0) is 21.0 Å². The molecule has 188 valence electrons.